The van der Waals surface area contributed by atoms with Crippen LogP contribution in [0.3, 0.4) is 0 Å². The Labute approximate surface area is 127 Å². The lowest BCUT2D eigenvalue weighted by atomic mass is 9.47. The molecule has 0 radical (unpaired) electrons. The topological polar surface area (TPSA) is 37.3 Å². The smallest absolute Gasteiger partial charge is 0.139 e. The van der Waals surface area contributed by atoms with Crippen molar-refractivity contribution >= 4 is 5.78 Å². The predicted molar refractivity (Wildman–Crippen MR) is 82.7 cm³/mol. The van der Waals surface area contributed by atoms with Crippen molar-refractivity contribution in [2.75, 3.05) is 0 Å². The molecule has 4 rings (SSSR count). The van der Waals surface area contributed by atoms with E-state index in [-0.39, 0.29) is 10.8 Å². The Balaban J connectivity index is 1.69. The third-order valence-corrected chi connectivity index (χ3v) is 7.54. The van der Waals surface area contributed by atoms with Gasteiger partial charge in [-0.05, 0) is 73.3 Å². The molecule has 114 valence electrons. The Morgan fingerprint density at radius 3 is 2.76 bits per heavy atom. The van der Waals surface area contributed by atoms with Gasteiger partial charge in [-0.3, -0.25) is 4.79 Å². The van der Waals surface area contributed by atoms with E-state index in [1.165, 1.54) is 12.8 Å². The molecule has 0 spiro atoms. The molecule has 3 saturated carbocycles. The third-order valence-electron chi connectivity index (χ3n) is 7.54. The van der Waals surface area contributed by atoms with Crippen LogP contribution in [0.4, 0.5) is 0 Å². The van der Waals surface area contributed by atoms with Crippen molar-refractivity contribution in [1.29, 1.82) is 0 Å². The van der Waals surface area contributed by atoms with Gasteiger partial charge in [-0.1, -0.05) is 19.9 Å². The SMILES string of the molecule is C[C@]12C=CC(O)=CC1CC[C@@H]1[C@H]2CC[C@]2(C)C(=O)CC[C@@H]12. The van der Waals surface area contributed by atoms with Gasteiger partial charge in [-0.15, -0.1) is 0 Å². The van der Waals surface area contributed by atoms with Gasteiger partial charge in [-0.2, -0.15) is 0 Å². The largest absolute Gasteiger partial charge is 0.508 e. The molecule has 0 bridgehead atoms. The number of Topliss-reactive ketones (excluding diaryl/α,β-unsaturated/α-hetero) is 1. The molecule has 0 amide bonds. The molecule has 0 aromatic carbocycles. The molecule has 0 aliphatic heterocycles. The zero-order chi connectivity index (χ0) is 14.8. The number of fused-ring (bicyclic) bond motifs is 5. The van der Waals surface area contributed by atoms with Crippen LogP contribution in [0.5, 0.6) is 0 Å². The second-order valence-corrected chi connectivity index (χ2v) is 8.27. The molecular weight excluding hydrogens is 260 g/mol. The first-order valence-electron chi connectivity index (χ1n) is 8.58. The second kappa shape index (κ2) is 4.24. The molecule has 3 fully saturated rings. The Morgan fingerprint density at radius 1 is 1.14 bits per heavy atom. The molecule has 0 aromatic heterocycles. The summed E-state index contributed by atoms with van der Waals surface area (Å²) >= 11 is 0. The standard InChI is InChI=1S/C19H26O2/c1-18-9-7-13(20)11-12(18)3-4-14-15-5-6-17(21)19(15,2)10-8-16(14)18/h7,9,11-12,14-16,20H,3-6,8,10H2,1-2H3/t12?,14-,15-,16+,18-,19-/m0/s1. The average Bonchev–Trinajstić information content (AvgIpc) is 2.76. The van der Waals surface area contributed by atoms with E-state index in [0.717, 1.165) is 25.7 Å². The molecule has 4 aliphatic rings. The summed E-state index contributed by atoms with van der Waals surface area (Å²) in [5.74, 6) is 3.43. The fourth-order valence-corrected chi connectivity index (χ4v) is 6.23. The molecule has 0 saturated heterocycles. The van der Waals surface area contributed by atoms with E-state index in [1.54, 1.807) is 0 Å². The molecule has 6 atom stereocenters. The first kappa shape index (κ1) is 13.6. The molecular formula is C19H26O2. The molecule has 0 aromatic rings. The van der Waals surface area contributed by atoms with Crippen LogP contribution in [0.25, 0.3) is 0 Å². The number of aliphatic hydroxyl groups excluding tert-OH is 1. The van der Waals surface area contributed by atoms with Crippen molar-refractivity contribution in [2.24, 2.45) is 34.5 Å². The minimum absolute atomic E-state index is 0.0271. The number of ketones is 1. The summed E-state index contributed by atoms with van der Waals surface area (Å²) < 4.78 is 0. The maximum Gasteiger partial charge on any atom is 0.139 e. The number of hydrogen-bond donors (Lipinski definition) is 1. The quantitative estimate of drug-likeness (QED) is 0.715. The summed E-state index contributed by atoms with van der Waals surface area (Å²) in [5, 5.41) is 9.81. The highest BCUT2D eigenvalue weighted by atomic mass is 16.3. The molecule has 21 heavy (non-hydrogen) atoms. The second-order valence-electron chi connectivity index (χ2n) is 8.27. The van der Waals surface area contributed by atoms with E-state index in [4.69, 9.17) is 0 Å². The molecule has 2 heteroatoms. The van der Waals surface area contributed by atoms with Crippen molar-refractivity contribution in [1.82, 2.24) is 0 Å². The molecule has 2 nitrogen and oxygen atoms in total. The van der Waals surface area contributed by atoms with Gasteiger partial charge in [0, 0.05) is 11.8 Å². The minimum atomic E-state index is -0.0271. The number of carbonyl (C=O) groups is 1. The van der Waals surface area contributed by atoms with Gasteiger partial charge in [0.05, 0.1) is 0 Å². The van der Waals surface area contributed by atoms with E-state index in [9.17, 15) is 9.90 Å². The van der Waals surface area contributed by atoms with Gasteiger partial charge in [0.15, 0.2) is 0 Å². The van der Waals surface area contributed by atoms with Gasteiger partial charge < -0.3 is 5.11 Å². The Kier molecular flexibility index (Phi) is 2.75. The highest BCUT2D eigenvalue weighted by Gasteiger charge is 2.59. The van der Waals surface area contributed by atoms with Crippen LogP contribution in [0.15, 0.2) is 24.0 Å². The highest BCUT2D eigenvalue weighted by Crippen LogP contribution is 2.63. The average molecular weight is 286 g/mol. The highest BCUT2D eigenvalue weighted by molar-refractivity contribution is 5.87. The number of aliphatic hydroxyl groups is 1. The predicted octanol–water partition coefficient (Wildman–Crippen LogP) is 4.43. The van der Waals surface area contributed by atoms with Crippen LogP contribution in [0.2, 0.25) is 0 Å². The summed E-state index contributed by atoms with van der Waals surface area (Å²) in [6.45, 7) is 4.62. The lowest BCUT2D eigenvalue weighted by Gasteiger charge is -2.57. The molecule has 1 N–H and O–H groups in total. The monoisotopic (exact) mass is 286 g/mol. The molecule has 4 aliphatic carbocycles. The maximum absolute atomic E-state index is 12.4. The molecule has 1 unspecified atom stereocenters. The Bertz CT molecular complexity index is 546. The first-order valence-corrected chi connectivity index (χ1v) is 8.58. The van der Waals surface area contributed by atoms with Crippen molar-refractivity contribution in [3.05, 3.63) is 24.0 Å². The van der Waals surface area contributed by atoms with Crippen LogP contribution >= 0.6 is 0 Å². The molecule has 0 heterocycles. The van der Waals surface area contributed by atoms with Crippen LogP contribution < -0.4 is 0 Å². The zero-order valence-corrected chi connectivity index (χ0v) is 13.1. The normalized spacial score (nSPS) is 51.9. The van der Waals surface area contributed by atoms with Crippen molar-refractivity contribution in [2.45, 2.75) is 52.4 Å². The van der Waals surface area contributed by atoms with Gasteiger partial charge in [0.25, 0.3) is 0 Å². The fourth-order valence-electron chi connectivity index (χ4n) is 6.23. The van der Waals surface area contributed by atoms with Gasteiger partial charge in [0.2, 0.25) is 0 Å². The Hall–Kier alpha value is -1.05. The summed E-state index contributed by atoms with van der Waals surface area (Å²) in [7, 11) is 0. The fraction of sp³-hybridized carbons (Fsp3) is 0.737. The van der Waals surface area contributed by atoms with Crippen molar-refractivity contribution in [3.63, 3.8) is 0 Å². The summed E-state index contributed by atoms with van der Waals surface area (Å²) in [4.78, 5) is 12.4. The van der Waals surface area contributed by atoms with Crippen molar-refractivity contribution in [3.8, 4) is 0 Å². The van der Waals surface area contributed by atoms with Crippen molar-refractivity contribution < 1.29 is 9.90 Å². The number of rotatable bonds is 0. The summed E-state index contributed by atoms with van der Waals surface area (Å²) in [5.41, 5.74) is 0.156. The lowest BCUT2D eigenvalue weighted by Crippen LogP contribution is -2.51. The van der Waals surface area contributed by atoms with Crippen LogP contribution in [0, 0.1) is 34.5 Å². The van der Waals surface area contributed by atoms with Crippen LogP contribution in [-0.2, 0) is 4.79 Å². The van der Waals surface area contributed by atoms with Crippen LogP contribution in [-0.4, -0.2) is 10.9 Å². The van der Waals surface area contributed by atoms with Gasteiger partial charge in [-0.25, -0.2) is 0 Å². The maximum atomic E-state index is 12.4. The first-order chi connectivity index (χ1) is 9.95. The van der Waals surface area contributed by atoms with Gasteiger partial charge in [0.1, 0.15) is 11.5 Å². The van der Waals surface area contributed by atoms with Crippen LogP contribution in [0.1, 0.15) is 52.4 Å². The van der Waals surface area contributed by atoms with E-state index in [1.807, 2.05) is 6.08 Å². The van der Waals surface area contributed by atoms with E-state index < -0.39 is 0 Å². The summed E-state index contributed by atoms with van der Waals surface area (Å²) in [6, 6.07) is 0. The number of carbonyl (C=O) groups excluding carboxylic acids is 1. The minimum Gasteiger partial charge on any atom is -0.508 e. The summed E-state index contributed by atoms with van der Waals surface area (Å²) in [6.07, 6.45) is 12.8. The third kappa shape index (κ3) is 1.68. The zero-order valence-electron chi connectivity index (χ0n) is 13.1. The van der Waals surface area contributed by atoms with Gasteiger partial charge >= 0.3 is 0 Å². The Morgan fingerprint density at radius 2 is 1.95 bits per heavy atom. The lowest BCUT2D eigenvalue weighted by molar-refractivity contribution is -0.133. The van der Waals surface area contributed by atoms with E-state index in [2.05, 4.69) is 26.0 Å². The van der Waals surface area contributed by atoms with E-state index >= 15 is 0 Å². The number of hydrogen-bond acceptors (Lipinski definition) is 2. The number of allylic oxidation sites excluding steroid dienone is 3. The van der Waals surface area contributed by atoms with E-state index in [0.29, 0.717) is 35.2 Å².